The van der Waals surface area contributed by atoms with Gasteiger partial charge >= 0.3 is 0 Å². The molecule has 0 radical (unpaired) electrons. The Bertz CT molecular complexity index is 271. The maximum absolute atomic E-state index is 9.26. The molecule has 0 saturated carbocycles. The zero-order chi connectivity index (χ0) is 8.43. The van der Waals surface area contributed by atoms with Gasteiger partial charge in [-0.2, -0.15) is 0 Å². The summed E-state index contributed by atoms with van der Waals surface area (Å²) in [4.78, 5) is 0. The third-order valence-corrected chi connectivity index (χ3v) is 1.64. The Morgan fingerprint density at radius 1 is 1.45 bits per heavy atom. The van der Waals surface area contributed by atoms with Crippen molar-refractivity contribution in [1.82, 2.24) is 0 Å². The van der Waals surface area contributed by atoms with Crippen molar-refractivity contribution in [3.8, 4) is 5.75 Å². The zero-order valence-electron chi connectivity index (χ0n) is 6.68. The number of hydrogen-bond donors (Lipinski definition) is 3. The van der Waals surface area contributed by atoms with Crippen molar-refractivity contribution in [3.63, 3.8) is 0 Å². The highest BCUT2D eigenvalue weighted by molar-refractivity contribution is 5.69. The summed E-state index contributed by atoms with van der Waals surface area (Å²) in [5, 5.41) is 12.1. The number of aromatic hydroxyl groups is 1. The van der Waals surface area contributed by atoms with E-state index < -0.39 is 0 Å². The van der Waals surface area contributed by atoms with Crippen LogP contribution in [-0.4, -0.2) is 12.2 Å². The zero-order valence-corrected chi connectivity index (χ0v) is 6.68. The van der Waals surface area contributed by atoms with Gasteiger partial charge in [0.2, 0.25) is 0 Å². The highest BCUT2D eigenvalue weighted by Crippen LogP contribution is 2.26. The van der Waals surface area contributed by atoms with Crippen molar-refractivity contribution >= 4 is 11.4 Å². The van der Waals surface area contributed by atoms with E-state index in [1.54, 1.807) is 19.2 Å². The Morgan fingerprint density at radius 3 is 2.64 bits per heavy atom. The standard InChI is InChI=1S/C8H12N2O/c1-5-3-6(9)7(10-2)4-8(5)11/h3-4,10-11H,9H2,1-2H3. The minimum Gasteiger partial charge on any atom is -0.508 e. The molecule has 0 fully saturated rings. The molecule has 0 aromatic heterocycles. The minimum absolute atomic E-state index is 0.267. The number of aryl methyl sites for hydroxylation is 1. The van der Waals surface area contributed by atoms with Crippen LogP contribution in [0.15, 0.2) is 12.1 Å². The average molecular weight is 152 g/mol. The Hall–Kier alpha value is -1.38. The highest BCUT2D eigenvalue weighted by Gasteiger charge is 2.00. The number of nitrogens with one attached hydrogen (secondary N) is 1. The van der Waals surface area contributed by atoms with E-state index in [4.69, 9.17) is 5.73 Å². The molecule has 1 aromatic carbocycles. The summed E-state index contributed by atoms with van der Waals surface area (Å²) in [6.07, 6.45) is 0. The van der Waals surface area contributed by atoms with Crippen molar-refractivity contribution in [1.29, 1.82) is 0 Å². The first-order chi connectivity index (χ1) is 5.15. The van der Waals surface area contributed by atoms with Gasteiger partial charge in [0.15, 0.2) is 0 Å². The second-order valence-electron chi connectivity index (χ2n) is 2.48. The van der Waals surface area contributed by atoms with Crippen molar-refractivity contribution in [3.05, 3.63) is 17.7 Å². The molecule has 3 nitrogen and oxygen atoms in total. The van der Waals surface area contributed by atoms with Crippen LogP contribution < -0.4 is 11.1 Å². The molecule has 3 heteroatoms. The molecular weight excluding hydrogens is 140 g/mol. The van der Waals surface area contributed by atoms with Gasteiger partial charge in [0, 0.05) is 13.1 Å². The second-order valence-corrected chi connectivity index (χ2v) is 2.48. The molecule has 0 aliphatic heterocycles. The molecule has 0 aliphatic carbocycles. The topological polar surface area (TPSA) is 58.3 Å². The van der Waals surface area contributed by atoms with Crippen LogP contribution in [0.25, 0.3) is 0 Å². The number of anilines is 2. The van der Waals surface area contributed by atoms with Crippen molar-refractivity contribution in [2.75, 3.05) is 18.1 Å². The van der Waals surface area contributed by atoms with E-state index in [1.807, 2.05) is 6.92 Å². The van der Waals surface area contributed by atoms with Gasteiger partial charge in [0.05, 0.1) is 11.4 Å². The lowest BCUT2D eigenvalue weighted by Gasteiger charge is -2.06. The fourth-order valence-corrected chi connectivity index (χ4v) is 0.935. The van der Waals surface area contributed by atoms with Gasteiger partial charge < -0.3 is 16.2 Å². The molecule has 0 amide bonds. The Morgan fingerprint density at radius 2 is 2.09 bits per heavy atom. The maximum atomic E-state index is 9.26. The Balaban J connectivity index is 3.21. The molecule has 11 heavy (non-hydrogen) atoms. The smallest absolute Gasteiger partial charge is 0.120 e. The second kappa shape index (κ2) is 2.70. The molecule has 0 atom stereocenters. The van der Waals surface area contributed by atoms with Gasteiger partial charge in [-0.1, -0.05) is 0 Å². The maximum Gasteiger partial charge on any atom is 0.120 e. The van der Waals surface area contributed by atoms with Crippen LogP contribution in [0.4, 0.5) is 11.4 Å². The average Bonchev–Trinajstić information content (AvgIpc) is 1.97. The highest BCUT2D eigenvalue weighted by atomic mass is 16.3. The summed E-state index contributed by atoms with van der Waals surface area (Å²) in [7, 11) is 1.76. The Kier molecular flexibility index (Phi) is 1.89. The van der Waals surface area contributed by atoms with Gasteiger partial charge in [-0.15, -0.1) is 0 Å². The quantitative estimate of drug-likeness (QED) is 0.420. The predicted molar refractivity (Wildman–Crippen MR) is 46.8 cm³/mol. The number of phenols is 1. The molecule has 0 unspecified atom stereocenters. The minimum atomic E-state index is 0.267. The first-order valence-electron chi connectivity index (χ1n) is 3.42. The summed E-state index contributed by atoms with van der Waals surface area (Å²) in [5.74, 6) is 0.267. The largest absolute Gasteiger partial charge is 0.508 e. The summed E-state index contributed by atoms with van der Waals surface area (Å²) >= 11 is 0. The molecule has 0 aliphatic rings. The fraction of sp³-hybridized carbons (Fsp3) is 0.250. The van der Waals surface area contributed by atoms with Crippen LogP contribution in [0, 0.1) is 6.92 Å². The predicted octanol–water partition coefficient (Wildman–Crippen LogP) is 1.32. The van der Waals surface area contributed by atoms with E-state index in [1.165, 1.54) is 0 Å². The third kappa shape index (κ3) is 1.37. The third-order valence-electron chi connectivity index (χ3n) is 1.64. The van der Waals surface area contributed by atoms with Crippen LogP contribution in [-0.2, 0) is 0 Å². The van der Waals surface area contributed by atoms with Gasteiger partial charge in [-0.05, 0) is 18.6 Å². The fourth-order valence-electron chi connectivity index (χ4n) is 0.935. The van der Waals surface area contributed by atoms with E-state index >= 15 is 0 Å². The van der Waals surface area contributed by atoms with Gasteiger partial charge in [-0.25, -0.2) is 0 Å². The molecule has 0 heterocycles. The lowest BCUT2D eigenvalue weighted by Crippen LogP contribution is -1.95. The van der Waals surface area contributed by atoms with Crippen molar-refractivity contribution in [2.24, 2.45) is 0 Å². The van der Waals surface area contributed by atoms with Crippen LogP contribution in [0.2, 0.25) is 0 Å². The number of benzene rings is 1. The number of nitrogens with two attached hydrogens (primary N) is 1. The number of phenolic OH excluding ortho intramolecular Hbond substituents is 1. The number of hydrogen-bond acceptors (Lipinski definition) is 3. The van der Waals surface area contributed by atoms with E-state index in [-0.39, 0.29) is 5.75 Å². The SMILES string of the molecule is CNc1cc(O)c(C)cc1N. The number of rotatable bonds is 1. The van der Waals surface area contributed by atoms with Gasteiger partial charge in [-0.3, -0.25) is 0 Å². The summed E-state index contributed by atoms with van der Waals surface area (Å²) in [6.45, 7) is 1.81. The molecule has 4 N–H and O–H groups in total. The lowest BCUT2D eigenvalue weighted by atomic mass is 10.2. The molecule has 0 saturated heterocycles. The van der Waals surface area contributed by atoms with Gasteiger partial charge in [0.1, 0.15) is 5.75 Å². The lowest BCUT2D eigenvalue weighted by molar-refractivity contribution is 0.471. The van der Waals surface area contributed by atoms with E-state index in [0.29, 0.717) is 5.69 Å². The van der Waals surface area contributed by atoms with Crippen molar-refractivity contribution in [2.45, 2.75) is 6.92 Å². The van der Waals surface area contributed by atoms with Crippen LogP contribution >= 0.6 is 0 Å². The molecule has 0 bridgehead atoms. The molecule has 1 rings (SSSR count). The van der Waals surface area contributed by atoms with Gasteiger partial charge in [0.25, 0.3) is 0 Å². The molecule has 0 spiro atoms. The summed E-state index contributed by atoms with van der Waals surface area (Å²) < 4.78 is 0. The summed E-state index contributed by atoms with van der Waals surface area (Å²) in [5.41, 5.74) is 7.83. The Labute approximate surface area is 65.8 Å². The van der Waals surface area contributed by atoms with E-state index in [2.05, 4.69) is 5.32 Å². The number of nitrogen functional groups attached to an aromatic ring is 1. The molecule has 60 valence electrons. The molecular formula is C8H12N2O. The monoisotopic (exact) mass is 152 g/mol. The van der Waals surface area contributed by atoms with E-state index in [9.17, 15) is 5.11 Å². The summed E-state index contributed by atoms with van der Waals surface area (Å²) in [6, 6.07) is 3.35. The normalized spacial score (nSPS) is 9.64. The van der Waals surface area contributed by atoms with Crippen molar-refractivity contribution < 1.29 is 5.11 Å². The van der Waals surface area contributed by atoms with E-state index in [0.717, 1.165) is 11.3 Å². The first kappa shape index (κ1) is 7.72. The first-order valence-corrected chi connectivity index (χ1v) is 3.42. The van der Waals surface area contributed by atoms with Crippen LogP contribution in [0.3, 0.4) is 0 Å². The van der Waals surface area contributed by atoms with Crippen LogP contribution in [0.5, 0.6) is 5.75 Å². The molecule has 1 aromatic rings. The van der Waals surface area contributed by atoms with Crippen LogP contribution in [0.1, 0.15) is 5.56 Å².